The third-order valence-corrected chi connectivity index (χ3v) is 3.44. The monoisotopic (exact) mass is 310 g/mol. The van der Waals surface area contributed by atoms with Crippen LogP contribution >= 0.6 is 15.9 Å². The first-order chi connectivity index (χ1) is 8.60. The summed E-state index contributed by atoms with van der Waals surface area (Å²) in [4.78, 5) is 24.5. The highest BCUT2D eigenvalue weighted by Gasteiger charge is 2.11. The first kappa shape index (κ1) is 13.1. The van der Waals surface area contributed by atoms with Crippen LogP contribution in [0.1, 0.15) is 20.3 Å². The molecule has 0 bridgehead atoms. The molecule has 1 aromatic heterocycles. The molecule has 0 spiro atoms. The van der Waals surface area contributed by atoms with Crippen LogP contribution in [0.5, 0.6) is 0 Å². The minimum atomic E-state index is -0.223. The van der Waals surface area contributed by atoms with E-state index in [2.05, 4.69) is 15.9 Å². The van der Waals surface area contributed by atoms with Gasteiger partial charge in [0.2, 0.25) is 0 Å². The topological polar surface area (TPSA) is 44.0 Å². The van der Waals surface area contributed by atoms with E-state index in [-0.39, 0.29) is 11.2 Å². The van der Waals surface area contributed by atoms with Gasteiger partial charge < -0.3 is 0 Å². The Morgan fingerprint density at radius 2 is 1.89 bits per heavy atom. The lowest BCUT2D eigenvalue weighted by Crippen LogP contribution is -2.39. The normalized spacial score (nSPS) is 11.1. The Labute approximate surface area is 113 Å². The molecule has 4 nitrogen and oxygen atoms in total. The Kier molecular flexibility index (Phi) is 3.71. The number of rotatable bonds is 3. The lowest BCUT2D eigenvalue weighted by atomic mass is 10.2. The summed E-state index contributed by atoms with van der Waals surface area (Å²) in [7, 11) is 0. The summed E-state index contributed by atoms with van der Waals surface area (Å²) in [6.07, 6.45) is 0.762. The molecule has 2 aromatic rings. The van der Waals surface area contributed by atoms with Gasteiger partial charge in [-0.1, -0.05) is 22.9 Å². The summed E-state index contributed by atoms with van der Waals surface area (Å²) in [5.74, 6) is 0. The molecule has 5 heteroatoms. The summed E-state index contributed by atoms with van der Waals surface area (Å²) in [5, 5.41) is 0.583. The molecule has 0 unspecified atom stereocenters. The van der Waals surface area contributed by atoms with E-state index in [1.165, 1.54) is 4.57 Å². The van der Waals surface area contributed by atoms with Gasteiger partial charge in [0.25, 0.3) is 5.56 Å². The van der Waals surface area contributed by atoms with Crippen LogP contribution in [0.2, 0.25) is 0 Å². The highest BCUT2D eigenvalue weighted by atomic mass is 79.9. The van der Waals surface area contributed by atoms with Gasteiger partial charge in [0.05, 0.1) is 10.9 Å². The molecule has 0 aliphatic heterocycles. The molecule has 0 amide bonds. The first-order valence-electron chi connectivity index (χ1n) is 6.03. The van der Waals surface area contributed by atoms with Crippen LogP contribution < -0.4 is 11.2 Å². The maximum Gasteiger partial charge on any atom is 0.331 e. The molecule has 0 saturated carbocycles. The average Bonchev–Trinajstić information content (AvgIpc) is 2.36. The zero-order valence-electron chi connectivity index (χ0n) is 10.4. The summed E-state index contributed by atoms with van der Waals surface area (Å²) < 4.78 is 3.80. The van der Waals surface area contributed by atoms with Crippen LogP contribution in [0, 0.1) is 0 Å². The van der Waals surface area contributed by atoms with Crippen molar-refractivity contribution in [2.45, 2.75) is 33.4 Å². The van der Waals surface area contributed by atoms with Gasteiger partial charge in [-0.2, -0.15) is 0 Å². The predicted octanol–water partition coefficient (Wildman–Crippen LogP) is 2.36. The quantitative estimate of drug-likeness (QED) is 0.873. The number of fused-ring (bicyclic) bond motifs is 1. The Bertz CT molecular complexity index is 700. The van der Waals surface area contributed by atoms with Crippen LogP contribution in [0.3, 0.4) is 0 Å². The van der Waals surface area contributed by atoms with E-state index in [0.29, 0.717) is 24.0 Å². The molecule has 0 saturated heterocycles. The molecular formula is C13H15BrN2O2. The van der Waals surface area contributed by atoms with Gasteiger partial charge in [-0.3, -0.25) is 13.9 Å². The van der Waals surface area contributed by atoms with Crippen LogP contribution in [-0.2, 0) is 13.1 Å². The molecule has 0 fully saturated rings. The maximum absolute atomic E-state index is 12.3. The highest BCUT2D eigenvalue weighted by Crippen LogP contribution is 2.15. The molecule has 2 rings (SSSR count). The molecule has 0 radical (unpaired) electrons. The first-order valence-corrected chi connectivity index (χ1v) is 6.82. The largest absolute Gasteiger partial charge is 0.331 e. The number of nitrogens with zero attached hydrogens (tertiary/aromatic N) is 2. The molecule has 0 atom stereocenters. The number of aromatic nitrogens is 2. The smallest absolute Gasteiger partial charge is 0.293 e. The van der Waals surface area contributed by atoms with Gasteiger partial charge in [0.15, 0.2) is 0 Å². The highest BCUT2D eigenvalue weighted by molar-refractivity contribution is 9.10. The van der Waals surface area contributed by atoms with E-state index in [1.54, 1.807) is 10.6 Å². The van der Waals surface area contributed by atoms with E-state index in [1.807, 2.05) is 26.0 Å². The third-order valence-electron chi connectivity index (χ3n) is 2.95. The molecule has 1 aromatic carbocycles. The minimum Gasteiger partial charge on any atom is -0.293 e. The fourth-order valence-corrected chi connectivity index (χ4v) is 2.48. The van der Waals surface area contributed by atoms with Crippen molar-refractivity contribution in [3.63, 3.8) is 0 Å². The van der Waals surface area contributed by atoms with E-state index in [9.17, 15) is 9.59 Å². The second kappa shape index (κ2) is 5.10. The molecule has 1 heterocycles. The Balaban J connectivity index is 2.96. The lowest BCUT2D eigenvalue weighted by Gasteiger charge is -2.12. The summed E-state index contributed by atoms with van der Waals surface area (Å²) >= 11 is 3.36. The van der Waals surface area contributed by atoms with E-state index >= 15 is 0 Å². The molecule has 0 N–H and O–H groups in total. The molecule has 0 aliphatic carbocycles. The van der Waals surface area contributed by atoms with Crippen LogP contribution in [0.4, 0.5) is 0 Å². The molecular weight excluding hydrogens is 296 g/mol. The van der Waals surface area contributed by atoms with Crippen LogP contribution in [-0.4, -0.2) is 9.13 Å². The van der Waals surface area contributed by atoms with Crippen molar-refractivity contribution in [3.05, 3.63) is 43.5 Å². The summed E-state index contributed by atoms with van der Waals surface area (Å²) in [6, 6.07) is 5.43. The second-order valence-electron chi connectivity index (χ2n) is 4.15. The van der Waals surface area contributed by atoms with Crippen LogP contribution in [0.15, 0.2) is 32.3 Å². The van der Waals surface area contributed by atoms with Crippen molar-refractivity contribution < 1.29 is 0 Å². The van der Waals surface area contributed by atoms with E-state index in [4.69, 9.17) is 0 Å². The van der Waals surface area contributed by atoms with Crippen molar-refractivity contribution in [3.8, 4) is 0 Å². The minimum absolute atomic E-state index is 0.206. The van der Waals surface area contributed by atoms with E-state index in [0.717, 1.165) is 10.9 Å². The van der Waals surface area contributed by atoms with Gasteiger partial charge in [0.1, 0.15) is 0 Å². The fourth-order valence-electron chi connectivity index (χ4n) is 2.12. The standard InChI is InChI=1S/C13H15BrN2O2/c1-3-7-16-12(17)10-8-9(14)5-6-11(10)15(4-2)13(16)18/h5-6,8H,3-4,7H2,1-2H3. The number of benzene rings is 1. The van der Waals surface area contributed by atoms with Crippen molar-refractivity contribution in [2.75, 3.05) is 0 Å². The van der Waals surface area contributed by atoms with Gasteiger partial charge in [0, 0.05) is 17.6 Å². The van der Waals surface area contributed by atoms with Gasteiger partial charge in [-0.15, -0.1) is 0 Å². The Hall–Kier alpha value is -1.36. The summed E-state index contributed by atoms with van der Waals surface area (Å²) in [6.45, 7) is 4.87. The zero-order valence-corrected chi connectivity index (χ0v) is 12.0. The van der Waals surface area contributed by atoms with Crippen molar-refractivity contribution >= 4 is 26.8 Å². The van der Waals surface area contributed by atoms with Crippen molar-refractivity contribution in [1.82, 2.24) is 9.13 Å². The third kappa shape index (κ3) is 2.03. The van der Waals surface area contributed by atoms with E-state index < -0.39 is 0 Å². The second-order valence-corrected chi connectivity index (χ2v) is 5.06. The van der Waals surface area contributed by atoms with Gasteiger partial charge in [-0.05, 0) is 31.5 Å². The predicted molar refractivity (Wildman–Crippen MR) is 76.1 cm³/mol. The zero-order chi connectivity index (χ0) is 13.3. The van der Waals surface area contributed by atoms with Crippen LogP contribution in [0.25, 0.3) is 10.9 Å². The van der Waals surface area contributed by atoms with Gasteiger partial charge >= 0.3 is 5.69 Å². The molecule has 96 valence electrons. The summed E-state index contributed by atoms with van der Waals surface area (Å²) in [5.41, 5.74) is 0.269. The number of hydrogen-bond acceptors (Lipinski definition) is 2. The maximum atomic E-state index is 12.3. The van der Waals surface area contributed by atoms with Gasteiger partial charge in [-0.25, -0.2) is 4.79 Å². The van der Waals surface area contributed by atoms with Crippen molar-refractivity contribution in [2.24, 2.45) is 0 Å². The average molecular weight is 311 g/mol. The number of aryl methyl sites for hydroxylation is 1. The van der Waals surface area contributed by atoms with Crippen molar-refractivity contribution in [1.29, 1.82) is 0 Å². The SMILES string of the molecule is CCCn1c(=O)c2cc(Br)ccc2n(CC)c1=O. The Morgan fingerprint density at radius 3 is 2.50 bits per heavy atom. The number of hydrogen-bond donors (Lipinski definition) is 0. The lowest BCUT2D eigenvalue weighted by molar-refractivity contribution is 0.575. The Morgan fingerprint density at radius 1 is 1.17 bits per heavy atom. The fraction of sp³-hybridized carbons (Fsp3) is 0.385. The number of halogens is 1. The molecule has 0 aliphatic rings. The molecule has 18 heavy (non-hydrogen) atoms.